The molecule has 0 atom stereocenters. The minimum Gasteiger partial charge on any atom is -0.455 e. The second-order valence-corrected chi connectivity index (χ2v) is 37.4. The van der Waals surface area contributed by atoms with Gasteiger partial charge in [0.25, 0.3) is 0 Å². The Balaban J connectivity index is 0.000000104. The monoisotopic (exact) mass is 1710 g/mol. The van der Waals surface area contributed by atoms with Gasteiger partial charge in [0, 0.05) is 102 Å². The zero-order valence-corrected chi connectivity index (χ0v) is 73.9. The summed E-state index contributed by atoms with van der Waals surface area (Å²) in [7, 11) is 0. The van der Waals surface area contributed by atoms with Crippen LogP contribution in [-0.2, 0) is 16.2 Å². The fourth-order valence-corrected chi connectivity index (χ4v) is 23.2. The maximum absolute atomic E-state index is 6.47. The Labute approximate surface area is 763 Å². The van der Waals surface area contributed by atoms with E-state index < -0.39 is 0 Å². The van der Waals surface area contributed by atoms with Crippen LogP contribution < -0.4 is 0 Å². The molecule has 3 aliphatic rings. The highest BCUT2D eigenvalue weighted by molar-refractivity contribution is 7.26. The Hall–Kier alpha value is -16.5. The van der Waals surface area contributed by atoms with Crippen LogP contribution in [0.1, 0.15) is 74.9 Å². The van der Waals surface area contributed by atoms with E-state index in [1.807, 2.05) is 97.1 Å². The fraction of sp³-hybridized carbons (Fsp3) is 0.0756. The van der Waals surface area contributed by atoms with E-state index >= 15 is 0 Å². The molecule has 28 rings (SSSR count). The van der Waals surface area contributed by atoms with Gasteiger partial charge in [-0.25, -0.2) is 19.9 Å². The number of hydrogen-bond acceptors (Lipinski definition) is 10. The quantitative estimate of drug-likeness (QED) is 0.146. The number of para-hydroxylation sites is 7. The van der Waals surface area contributed by atoms with Crippen LogP contribution in [0.5, 0.6) is 0 Å². The van der Waals surface area contributed by atoms with Crippen LogP contribution in [0.2, 0.25) is 0 Å². The lowest BCUT2D eigenvalue weighted by molar-refractivity contribution is 0.663. The van der Waals surface area contributed by atoms with Gasteiger partial charge in [0.05, 0.1) is 49.7 Å². The summed E-state index contributed by atoms with van der Waals surface area (Å²) in [5.41, 5.74) is 31.0. The third-order valence-corrected chi connectivity index (χ3v) is 29.1. The second-order valence-electron chi connectivity index (χ2n) is 36.3. The molecule has 3 aliphatic carbocycles. The minimum atomic E-state index is -0.227. The molecular weight excluding hydrogens is 1630 g/mol. The number of fused-ring (bicyclic) bond motifs is 28. The van der Waals surface area contributed by atoms with E-state index in [1.54, 1.807) is 11.3 Å². The predicted molar refractivity (Wildman–Crippen MR) is 542 cm³/mol. The van der Waals surface area contributed by atoms with Gasteiger partial charge in [-0.2, -0.15) is 19.9 Å². The van der Waals surface area contributed by atoms with Crippen molar-refractivity contribution in [3.8, 4) is 108 Å². The number of rotatable bonds is 8. The Morgan fingerprint density at radius 2 is 0.606 bits per heavy atom. The Morgan fingerprint density at radius 3 is 1.11 bits per heavy atom. The number of hydrogen-bond donors (Lipinski definition) is 0. The molecule has 0 aliphatic heterocycles. The van der Waals surface area contributed by atoms with Gasteiger partial charge in [0.15, 0.2) is 29.1 Å². The number of aromatic nitrogens is 11. The molecule has 624 valence electrons. The van der Waals surface area contributed by atoms with Crippen molar-refractivity contribution in [1.29, 1.82) is 0 Å². The third kappa shape index (κ3) is 11.5. The highest BCUT2D eigenvalue weighted by Crippen LogP contribution is 2.58. The zero-order chi connectivity index (χ0) is 88.0. The number of thiophene rings is 1. The highest BCUT2D eigenvalue weighted by atomic mass is 32.1. The summed E-state index contributed by atoms with van der Waals surface area (Å²) in [6, 6.07) is 134. The maximum atomic E-state index is 6.47. The van der Waals surface area contributed by atoms with E-state index in [0.29, 0.717) is 35.2 Å². The average molecular weight is 1710 g/mol. The summed E-state index contributed by atoms with van der Waals surface area (Å²) in [5, 5.41) is 11.8. The van der Waals surface area contributed by atoms with Crippen LogP contribution in [0.3, 0.4) is 0 Å². The molecular formula is C119H81N11OS. The molecule has 8 aromatic heterocycles. The van der Waals surface area contributed by atoms with Gasteiger partial charge in [-0.3, -0.25) is 13.7 Å². The molecule has 0 amide bonds. The summed E-state index contributed by atoms with van der Waals surface area (Å²) in [5.74, 6) is 4.57. The maximum Gasteiger partial charge on any atom is 0.238 e. The van der Waals surface area contributed by atoms with E-state index in [4.69, 9.17) is 44.3 Å². The largest absolute Gasteiger partial charge is 0.455 e. The Kier molecular flexibility index (Phi) is 17.0. The van der Waals surface area contributed by atoms with E-state index in [2.05, 4.69) is 340 Å². The number of furan rings is 1. The van der Waals surface area contributed by atoms with E-state index in [1.165, 1.54) is 125 Å². The van der Waals surface area contributed by atoms with Gasteiger partial charge in [-0.05, 0) is 121 Å². The third-order valence-electron chi connectivity index (χ3n) is 27.9. The van der Waals surface area contributed by atoms with Crippen LogP contribution in [0.15, 0.2) is 387 Å². The van der Waals surface area contributed by atoms with Gasteiger partial charge in [-0.15, -0.1) is 11.3 Å². The molecule has 0 bridgehead atoms. The van der Waals surface area contributed by atoms with Gasteiger partial charge < -0.3 is 4.42 Å². The topological polar surface area (TPSA) is 131 Å². The summed E-state index contributed by atoms with van der Waals surface area (Å²) in [6.45, 7) is 14.0. The first kappa shape index (κ1) is 76.7. The van der Waals surface area contributed by atoms with Gasteiger partial charge in [0.1, 0.15) is 16.9 Å². The van der Waals surface area contributed by atoms with E-state index in [0.717, 1.165) is 99.9 Å². The van der Waals surface area contributed by atoms with Crippen molar-refractivity contribution in [2.24, 2.45) is 0 Å². The van der Waals surface area contributed by atoms with Crippen molar-refractivity contribution in [2.75, 3.05) is 0 Å². The van der Waals surface area contributed by atoms with Crippen LogP contribution in [-0.4, -0.2) is 53.6 Å². The van der Waals surface area contributed by atoms with Crippen molar-refractivity contribution in [3.05, 3.63) is 416 Å². The molecule has 0 saturated heterocycles. The first-order chi connectivity index (χ1) is 64.8. The molecule has 25 aromatic rings. The molecule has 0 spiro atoms. The van der Waals surface area contributed by atoms with Crippen molar-refractivity contribution in [3.63, 3.8) is 0 Å². The first-order valence-corrected chi connectivity index (χ1v) is 45.9. The predicted octanol–water partition coefficient (Wildman–Crippen LogP) is 30.2. The van der Waals surface area contributed by atoms with Crippen LogP contribution in [0.4, 0.5) is 0 Å². The van der Waals surface area contributed by atoms with Crippen molar-refractivity contribution >= 4 is 130 Å². The Morgan fingerprint density at radius 1 is 0.242 bits per heavy atom. The zero-order valence-electron chi connectivity index (χ0n) is 73.1. The molecule has 0 unspecified atom stereocenters. The summed E-state index contributed by atoms with van der Waals surface area (Å²) < 4.78 is 15.8. The van der Waals surface area contributed by atoms with Crippen LogP contribution in [0, 0.1) is 0 Å². The van der Waals surface area contributed by atoms with Crippen LogP contribution >= 0.6 is 11.3 Å². The van der Waals surface area contributed by atoms with Crippen molar-refractivity contribution < 1.29 is 4.42 Å². The van der Waals surface area contributed by atoms with Gasteiger partial charge >= 0.3 is 0 Å². The molecule has 12 nitrogen and oxygen atoms in total. The molecule has 132 heavy (non-hydrogen) atoms. The summed E-state index contributed by atoms with van der Waals surface area (Å²) in [6.07, 6.45) is 0. The molecule has 0 radical (unpaired) electrons. The molecule has 17 aromatic carbocycles. The SMILES string of the molecule is CC1(C)c2ccccc2-c2ccc3c4ccccc4n(-c4nc(-c5ccccc5)nc(-c5cccc6c5oc5ccccc56)n4)c3c21.CC1(C)c2ccccc2-c2ccc3c4ccccc4n(-c4nc(-c5ccccc5)nc(-c5cccc6c5sc5ccccc56)n4)c3c21.CC1(C)c2ccccc2-c2ccc3c4ccccc4n(-c4nc5ccccc5nc4-c4ccccc4)c3c21. The smallest absolute Gasteiger partial charge is 0.238 e. The fourth-order valence-electron chi connectivity index (χ4n) is 22.0. The van der Waals surface area contributed by atoms with E-state index in [-0.39, 0.29) is 16.2 Å². The Bertz CT molecular complexity index is 8770. The first-order valence-electron chi connectivity index (χ1n) is 45.1. The average Bonchev–Trinajstić information content (AvgIpc) is 1.54. The van der Waals surface area contributed by atoms with Gasteiger partial charge in [-0.1, -0.05) is 369 Å². The second kappa shape index (κ2) is 29.3. The van der Waals surface area contributed by atoms with Crippen molar-refractivity contribution in [1.82, 2.24) is 53.6 Å². The standard InChI is InChI=1S/C42H28N4O.C42H28N4S.C35H25N3/c2*1-42(2)33-20-9-6-15-26(33)29-23-24-30-27-16-7-10-21-34(27)46(37(30)36(29)42)41-44-39(25-13-4-3-5-14-25)43-40(45-41)32-19-12-18-31-28-17-8-11-22-35(28)47-38(31)32;1-35(2)27-16-8-6-14-23(27)25-20-21-26-24-15-7-11-19-30(24)38(33(26)31(25)35)34-32(22-12-4-3-5-13-22)36-28-17-9-10-18-29(28)37-34/h2*3-24H,1-2H3;3-21H,1-2H3. The molecule has 8 heterocycles. The summed E-state index contributed by atoms with van der Waals surface area (Å²) in [4.78, 5) is 41.9. The lowest BCUT2D eigenvalue weighted by Crippen LogP contribution is -2.17. The molecule has 0 N–H and O–H groups in total. The minimum absolute atomic E-state index is 0.158. The molecule has 13 heteroatoms. The molecule has 0 saturated carbocycles. The number of nitrogens with zero attached hydrogens (tertiary/aromatic N) is 11. The number of benzene rings is 17. The molecule has 0 fully saturated rings. The lowest BCUT2D eigenvalue weighted by atomic mass is 9.81. The normalized spacial score (nSPS) is 13.6. The highest BCUT2D eigenvalue weighted by Gasteiger charge is 2.43. The van der Waals surface area contributed by atoms with Gasteiger partial charge in [0.2, 0.25) is 11.9 Å². The van der Waals surface area contributed by atoms with E-state index in [9.17, 15) is 0 Å². The summed E-state index contributed by atoms with van der Waals surface area (Å²) >= 11 is 1.80. The van der Waals surface area contributed by atoms with Crippen LogP contribution in [0.25, 0.3) is 226 Å². The van der Waals surface area contributed by atoms with Crippen molar-refractivity contribution in [2.45, 2.75) is 57.8 Å². The lowest BCUT2D eigenvalue weighted by Gasteiger charge is -2.24.